The molecule has 1 saturated carbocycles. The van der Waals surface area contributed by atoms with Crippen LogP contribution in [0.25, 0.3) is 11.0 Å². The van der Waals surface area contributed by atoms with Gasteiger partial charge in [-0.3, -0.25) is 9.67 Å². The number of aromatic nitrogens is 5. The van der Waals surface area contributed by atoms with E-state index < -0.39 is 0 Å². The number of aryl methyl sites for hydroxylation is 2. The molecule has 0 unspecified atom stereocenters. The van der Waals surface area contributed by atoms with Crippen LogP contribution < -0.4 is 5.32 Å². The minimum absolute atomic E-state index is 0.221. The van der Waals surface area contributed by atoms with Crippen LogP contribution >= 0.6 is 0 Å². The number of pyridine rings is 1. The summed E-state index contributed by atoms with van der Waals surface area (Å²) in [4.78, 5) is 14.2. The van der Waals surface area contributed by atoms with Gasteiger partial charge in [-0.1, -0.05) is 18.9 Å². The summed E-state index contributed by atoms with van der Waals surface area (Å²) >= 11 is 0. The van der Waals surface area contributed by atoms with E-state index in [1.807, 2.05) is 30.2 Å². The highest BCUT2D eigenvalue weighted by Gasteiger charge is 2.23. The Morgan fingerprint density at radius 1 is 1.27 bits per heavy atom. The first-order valence-corrected chi connectivity index (χ1v) is 9.48. The topological polar surface area (TPSA) is 68.5 Å². The fourth-order valence-corrected chi connectivity index (χ4v) is 3.82. The number of fused-ring (bicyclic) bond motifs is 1. The average Bonchev–Trinajstić information content (AvgIpc) is 3.28. The van der Waals surface area contributed by atoms with Gasteiger partial charge in [0.25, 0.3) is 0 Å². The van der Waals surface area contributed by atoms with Crippen molar-refractivity contribution in [1.29, 1.82) is 0 Å². The van der Waals surface area contributed by atoms with Crippen molar-refractivity contribution >= 4 is 16.9 Å². The van der Waals surface area contributed by atoms with E-state index in [0.717, 1.165) is 34.8 Å². The van der Waals surface area contributed by atoms with E-state index in [2.05, 4.69) is 35.3 Å². The van der Waals surface area contributed by atoms with Gasteiger partial charge >= 0.3 is 0 Å². The van der Waals surface area contributed by atoms with Crippen molar-refractivity contribution < 1.29 is 0 Å². The Kier molecular flexibility index (Phi) is 4.57. The summed E-state index contributed by atoms with van der Waals surface area (Å²) in [7, 11) is 1.94. The van der Waals surface area contributed by atoms with Crippen molar-refractivity contribution in [1.82, 2.24) is 24.7 Å². The first-order valence-electron chi connectivity index (χ1n) is 9.48. The molecule has 0 radical (unpaired) electrons. The van der Waals surface area contributed by atoms with Gasteiger partial charge in [0.1, 0.15) is 11.6 Å². The molecule has 3 aromatic heterocycles. The SMILES string of the molecule is Cc1cccnc1C[C@H](C)Nc1nc(C2CCCC2)nc2c1cnn2C. The molecule has 26 heavy (non-hydrogen) atoms. The van der Waals surface area contributed by atoms with Crippen LogP contribution in [0.3, 0.4) is 0 Å². The van der Waals surface area contributed by atoms with Gasteiger partial charge in [-0.05, 0) is 38.3 Å². The van der Waals surface area contributed by atoms with Crippen LogP contribution in [0.4, 0.5) is 5.82 Å². The monoisotopic (exact) mass is 350 g/mol. The predicted octanol–water partition coefficient (Wildman–Crippen LogP) is 3.77. The van der Waals surface area contributed by atoms with Gasteiger partial charge < -0.3 is 5.32 Å². The molecule has 0 bridgehead atoms. The summed E-state index contributed by atoms with van der Waals surface area (Å²) in [5, 5.41) is 8.97. The number of nitrogens with one attached hydrogen (secondary N) is 1. The van der Waals surface area contributed by atoms with Crippen molar-refractivity contribution in [2.45, 2.75) is 57.9 Å². The van der Waals surface area contributed by atoms with Gasteiger partial charge in [0.05, 0.1) is 11.6 Å². The van der Waals surface area contributed by atoms with Crippen LogP contribution in [0.1, 0.15) is 55.6 Å². The van der Waals surface area contributed by atoms with Crippen molar-refractivity contribution in [3.8, 4) is 0 Å². The molecule has 3 heterocycles. The molecule has 1 aliphatic carbocycles. The van der Waals surface area contributed by atoms with Crippen LogP contribution in [-0.2, 0) is 13.5 Å². The second kappa shape index (κ2) is 7.02. The van der Waals surface area contributed by atoms with E-state index in [0.29, 0.717) is 5.92 Å². The lowest BCUT2D eigenvalue weighted by atomic mass is 10.1. The number of hydrogen-bond donors (Lipinski definition) is 1. The summed E-state index contributed by atoms with van der Waals surface area (Å²) < 4.78 is 1.84. The Morgan fingerprint density at radius 2 is 2.08 bits per heavy atom. The molecule has 0 aliphatic heterocycles. The predicted molar refractivity (Wildman–Crippen MR) is 103 cm³/mol. The first-order chi connectivity index (χ1) is 12.6. The maximum absolute atomic E-state index is 4.90. The van der Waals surface area contributed by atoms with Gasteiger partial charge in [0.2, 0.25) is 0 Å². The Morgan fingerprint density at radius 3 is 2.85 bits per heavy atom. The summed E-state index contributed by atoms with van der Waals surface area (Å²) in [6.07, 6.45) is 9.49. The Hall–Kier alpha value is -2.50. The highest BCUT2D eigenvalue weighted by Crippen LogP contribution is 2.34. The highest BCUT2D eigenvalue weighted by molar-refractivity contribution is 5.86. The van der Waals surface area contributed by atoms with E-state index in [-0.39, 0.29) is 6.04 Å². The average molecular weight is 350 g/mol. The summed E-state index contributed by atoms with van der Waals surface area (Å²) in [5.74, 6) is 2.33. The lowest BCUT2D eigenvalue weighted by molar-refractivity contribution is 0.665. The molecule has 0 spiro atoms. The van der Waals surface area contributed by atoms with Gasteiger partial charge in [0, 0.05) is 37.3 Å². The van der Waals surface area contributed by atoms with Crippen LogP contribution in [0, 0.1) is 6.92 Å². The zero-order valence-corrected chi connectivity index (χ0v) is 15.7. The van der Waals surface area contributed by atoms with Crippen molar-refractivity contribution in [3.05, 3.63) is 41.6 Å². The molecule has 3 aromatic rings. The molecule has 1 N–H and O–H groups in total. The maximum atomic E-state index is 4.90. The maximum Gasteiger partial charge on any atom is 0.163 e. The van der Waals surface area contributed by atoms with E-state index in [1.165, 1.54) is 31.2 Å². The van der Waals surface area contributed by atoms with E-state index >= 15 is 0 Å². The number of nitrogens with zero attached hydrogens (tertiary/aromatic N) is 5. The number of hydrogen-bond acceptors (Lipinski definition) is 5. The Labute approximate surface area is 154 Å². The third kappa shape index (κ3) is 3.28. The molecule has 0 saturated heterocycles. The van der Waals surface area contributed by atoms with Crippen LogP contribution in [0.5, 0.6) is 0 Å². The van der Waals surface area contributed by atoms with Crippen LogP contribution in [0.15, 0.2) is 24.5 Å². The van der Waals surface area contributed by atoms with Crippen molar-refractivity contribution in [2.75, 3.05) is 5.32 Å². The quantitative estimate of drug-likeness (QED) is 0.758. The second-order valence-corrected chi connectivity index (χ2v) is 7.43. The van der Waals surface area contributed by atoms with Gasteiger partial charge in [-0.2, -0.15) is 5.10 Å². The molecular formula is C20H26N6. The highest BCUT2D eigenvalue weighted by atomic mass is 15.3. The second-order valence-electron chi connectivity index (χ2n) is 7.43. The van der Waals surface area contributed by atoms with Crippen LogP contribution in [-0.4, -0.2) is 30.8 Å². The molecule has 1 fully saturated rings. The fourth-order valence-electron chi connectivity index (χ4n) is 3.82. The molecule has 0 aromatic carbocycles. The normalized spacial score (nSPS) is 16.3. The molecule has 6 nitrogen and oxygen atoms in total. The van der Waals surface area contributed by atoms with Gasteiger partial charge in [0.15, 0.2) is 5.65 Å². The van der Waals surface area contributed by atoms with E-state index in [1.54, 1.807) is 0 Å². The summed E-state index contributed by atoms with van der Waals surface area (Å²) in [6, 6.07) is 4.31. The van der Waals surface area contributed by atoms with Crippen molar-refractivity contribution in [2.24, 2.45) is 7.05 Å². The lowest BCUT2D eigenvalue weighted by Gasteiger charge is -2.17. The Balaban J connectivity index is 1.63. The van der Waals surface area contributed by atoms with E-state index in [4.69, 9.17) is 9.97 Å². The fraction of sp³-hybridized carbons (Fsp3) is 0.500. The summed E-state index contributed by atoms with van der Waals surface area (Å²) in [6.45, 7) is 4.28. The zero-order valence-electron chi connectivity index (χ0n) is 15.7. The summed E-state index contributed by atoms with van der Waals surface area (Å²) in [5.41, 5.74) is 3.26. The molecule has 6 heteroatoms. The lowest BCUT2D eigenvalue weighted by Crippen LogP contribution is -2.21. The standard InChI is InChI=1S/C20H26N6/c1-13-7-6-10-21-17(13)11-14(2)23-19-16-12-22-26(3)20(16)25-18(24-19)15-8-4-5-9-15/h6-7,10,12,14-15H,4-5,8-9,11H2,1-3H3,(H,23,24,25)/t14-/m0/s1. The molecule has 0 amide bonds. The van der Waals surface area contributed by atoms with Gasteiger partial charge in [-0.25, -0.2) is 9.97 Å². The van der Waals surface area contributed by atoms with Crippen molar-refractivity contribution in [3.63, 3.8) is 0 Å². The first kappa shape index (κ1) is 16.9. The minimum atomic E-state index is 0.221. The number of anilines is 1. The number of rotatable bonds is 5. The molecule has 1 aliphatic rings. The zero-order chi connectivity index (χ0) is 18.1. The smallest absolute Gasteiger partial charge is 0.163 e. The van der Waals surface area contributed by atoms with E-state index in [9.17, 15) is 0 Å². The van der Waals surface area contributed by atoms with Crippen LogP contribution in [0.2, 0.25) is 0 Å². The third-order valence-corrected chi connectivity index (χ3v) is 5.33. The third-order valence-electron chi connectivity index (χ3n) is 5.33. The molecular weight excluding hydrogens is 324 g/mol. The largest absolute Gasteiger partial charge is 0.367 e. The Bertz CT molecular complexity index is 910. The molecule has 4 rings (SSSR count). The molecule has 136 valence electrons. The minimum Gasteiger partial charge on any atom is -0.367 e. The van der Waals surface area contributed by atoms with Gasteiger partial charge in [-0.15, -0.1) is 0 Å². The molecule has 1 atom stereocenters.